The highest BCUT2D eigenvalue weighted by Crippen LogP contribution is 2.36. The molecule has 0 bridgehead atoms. The van der Waals surface area contributed by atoms with E-state index in [-0.39, 0.29) is 5.54 Å². The van der Waals surface area contributed by atoms with Crippen LogP contribution in [0.4, 0.5) is 0 Å². The fraction of sp³-hybridized carbons (Fsp3) is 0.923. The summed E-state index contributed by atoms with van der Waals surface area (Å²) in [7, 11) is 1.80. The van der Waals surface area contributed by atoms with Crippen LogP contribution in [-0.2, 0) is 13.6 Å². The summed E-state index contributed by atoms with van der Waals surface area (Å²) in [6.07, 6.45) is 4.95. The van der Waals surface area contributed by atoms with Gasteiger partial charge in [-0.05, 0) is 30.5 Å². The van der Waals surface area contributed by atoms with Crippen LogP contribution in [0.2, 0.25) is 0 Å². The first-order valence-corrected chi connectivity index (χ1v) is 7.27. The predicted molar refractivity (Wildman–Crippen MR) is 74.3 cm³/mol. The van der Waals surface area contributed by atoms with Gasteiger partial charge in [0.25, 0.3) is 0 Å². The molecule has 0 saturated heterocycles. The van der Waals surface area contributed by atoms with Crippen molar-refractivity contribution >= 4 is 0 Å². The molecule has 1 aromatic rings. The van der Waals surface area contributed by atoms with Crippen molar-refractivity contribution in [2.45, 2.75) is 51.6 Å². The van der Waals surface area contributed by atoms with Crippen molar-refractivity contribution in [3.05, 3.63) is 5.82 Å². The highest BCUT2D eigenvalue weighted by Gasteiger charge is 2.38. The van der Waals surface area contributed by atoms with Gasteiger partial charge in [-0.2, -0.15) is 4.80 Å². The smallest absolute Gasteiger partial charge is 0.188 e. The molecule has 108 valence electrons. The summed E-state index contributed by atoms with van der Waals surface area (Å²) in [6, 6.07) is 0. The second kappa shape index (κ2) is 5.96. The number of likely N-dealkylation sites (N-methyl/N-ethyl adjacent to an activating group) is 1. The molecule has 0 aromatic carbocycles. The van der Waals surface area contributed by atoms with Crippen molar-refractivity contribution in [3.63, 3.8) is 0 Å². The van der Waals surface area contributed by atoms with Crippen LogP contribution in [0, 0.1) is 5.92 Å². The standard InChI is InChI=1S/C13H26N6/c1-4-19(9-12-15-17-18(3)16-12)13(10-14)7-5-6-11(2)8-13/h11H,4-10,14H2,1-3H3. The van der Waals surface area contributed by atoms with Gasteiger partial charge in [-0.15, -0.1) is 10.2 Å². The Hall–Kier alpha value is -1.01. The zero-order chi connectivity index (χ0) is 13.9. The van der Waals surface area contributed by atoms with E-state index in [4.69, 9.17) is 5.73 Å². The van der Waals surface area contributed by atoms with E-state index in [9.17, 15) is 0 Å². The topological polar surface area (TPSA) is 72.9 Å². The van der Waals surface area contributed by atoms with Crippen molar-refractivity contribution < 1.29 is 0 Å². The molecule has 2 rings (SSSR count). The minimum atomic E-state index is 0.117. The lowest BCUT2D eigenvalue weighted by molar-refractivity contribution is 0.0346. The van der Waals surface area contributed by atoms with Crippen LogP contribution in [0.1, 0.15) is 45.4 Å². The summed E-state index contributed by atoms with van der Waals surface area (Å²) in [5.41, 5.74) is 6.25. The SMILES string of the molecule is CCN(Cc1nnn(C)n1)C1(CN)CCCC(C)C1. The quantitative estimate of drug-likeness (QED) is 0.858. The molecule has 0 radical (unpaired) electrons. The monoisotopic (exact) mass is 266 g/mol. The summed E-state index contributed by atoms with van der Waals surface area (Å²) >= 11 is 0. The first-order chi connectivity index (χ1) is 9.09. The van der Waals surface area contributed by atoms with E-state index in [0.717, 1.165) is 24.8 Å². The molecule has 2 N–H and O–H groups in total. The lowest BCUT2D eigenvalue weighted by Crippen LogP contribution is -2.55. The minimum absolute atomic E-state index is 0.117. The third-order valence-corrected chi connectivity index (χ3v) is 4.38. The Kier molecular flexibility index (Phi) is 4.52. The summed E-state index contributed by atoms with van der Waals surface area (Å²) in [5, 5.41) is 12.3. The summed E-state index contributed by atoms with van der Waals surface area (Å²) in [5.74, 6) is 1.54. The van der Waals surface area contributed by atoms with Crippen molar-refractivity contribution in [2.24, 2.45) is 18.7 Å². The number of hydrogen-bond acceptors (Lipinski definition) is 5. The van der Waals surface area contributed by atoms with Gasteiger partial charge >= 0.3 is 0 Å². The third kappa shape index (κ3) is 3.12. The average molecular weight is 266 g/mol. The highest BCUT2D eigenvalue weighted by atomic mass is 15.6. The molecular weight excluding hydrogens is 240 g/mol. The van der Waals surface area contributed by atoms with Crippen molar-refractivity contribution in [1.82, 2.24) is 25.1 Å². The van der Waals surface area contributed by atoms with Crippen LogP contribution < -0.4 is 5.73 Å². The second-order valence-electron chi connectivity index (χ2n) is 5.84. The van der Waals surface area contributed by atoms with E-state index in [1.54, 1.807) is 7.05 Å². The van der Waals surface area contributed by atoms with E-state index < -0.39 is 0 Å². The fourth-order valence-corrected chi connectivity index (χ4v) is 3.41. The molecule has 1 aliphatic rings. The molecule has 1 aliphatic carbocycles. The van der Waals surface area contributed by atoms with Gasteiger partial charge in [0, 0.05) is 12.1 Å². The van der Waals surface area contributed by atoms with Crippen LogP contribution >= 0.6 is 0 Å². The molecule has 19 heavy (non-hydrogen) atoms. The zero-order valence-electron chi connectivity index (χ0n) is 12.3. The Morgan fingerprint density at radius 2 is 2.32 bits per heavy atom. The highest BCUT2D eigenvalue weighted by molar-refractivity contribution is 4.97. The number of nitrogens with two attached hydrogens (primary N) is 1. The van der Waals surface area contributed by atoms with E-state index in [2.05, 4.69) is 34.2 Å². The van der Waals surface area contributed by atoms with E-state index >= 15 is 0 Å². The fourth-order valence-electron chi connectivity index (χ4n) is 3.41. The van der Waals surface area contributed by atoms with Crippen molar-refractivity contribution in [2.75, 3.05) is 13.1 Å². The van der Waals surface area contributed by atoms with Crippen LogP contribution in [0.3, 0.4) is 0 Å². The van der Waals surface area contributed by atoms with Crippen molar-refractivity contribution in [1.29, 1.82) is 0 Å². The van der Waals surface area contributed by atoms with Gasteiger partial charge in [0.05, 0.1) is 13.6 Å². The number of aromatic nitrogens is 4. The zero-order valence-corrected chi connectivity index (χ0v) is 12.3. The average Bonchev–Trinajstić information content (AvgIpc) is 2.81. The summed E-state index contributed by atoms with van der Waals surface area (Å²) in [4.78, 5) is 3.96. The Labute approximate surface area is 115 Å². The molecule has 6 heteroatoms. The molecule has 1 aromatic heterocycles. The molecule has 6 nitrogen and oxygen atoms in total. The summed E-state index contributed by atoms with van der Waals surface area (Å²) in [6.45, 7) is 6.95. The molecule has 0 amide bonds. The van der Waals surface area contributed by atoms with E-state index in [1.807, 2.05) is 0 Å². The molecule has 2 unspecified atom stereocenters. The number of hydrogen-bond donors (Lipinski definition) is 1. The van der Waals surface area contributed by atoms with Crippen molar-refractivity contribution in [3.8, 4) is 0 Å². The minimum Gasteiger partial charge on any atom is -0.329 e. The predicted octanol–water partition coefficient (Wildman–Crippen LogP) is 0.940. The van der Waals surface area contributed by atoms with Gasteiger partial charge in [-0.3, -0.25) is 4.90 Å². The molecule has 0 spiro atoms. The first kappa shape index (κ1) is 14.4. The molecule has 0 aliphatic heterocycles. The lowest BCUT2D eigenvalue weighted by atomic mass is 9.75. The molecule has 1 saturated carbocycles. The third-order valence-electron chi connectivity index (χ3n) is 4.38. The van der Waals surface area contributed by atoms with E-state index in [0.29, 0.717) is 6.54 Å². The van der Waals surface area contributed by atoms with Gasteiger partial charge in [0.2, 0.25) is 0 Å². The van der Waals surface area contributed by atoms with Gasteiger partial charge in [0.1, 0.15) is 0 Å². The normalized spacial score (nSPS) is 27.9. The van der Waals surface area contributed by atoms with Crippen LogP contribution in [-0.4, -0.2) is 43.7 Å². The molecule has 1 fully saturated rings. The summed E-state index contributed by atoms with van der Waals surface area (Å²) < 4.78 is 0. The Morgan fingerprint density at radius 1 is 1.53 bits per heavy atom. The van der Waals surface area contributed by atoms with Gasteiger partial charge in [-0.1, -0.05) is 26.7 Å². The molecule has 2 atom stereocenters. The lowest BCUT2D eigenvalue weighted by Gasteiger charge is -2.47. The van der Waals surface area contributed by atoms with Gasteiger partial charge < -0.3 is 5.73 Å². The maximum atomic E-state index is 6.13. The molecular formula is C13H26N6. The maximum Gasteiger partial charge on any atom is 0.188 e. The number of tetrazole rings is 1. The van der Waals surface area contributed by atoms with E-state index in [1.165, 1.54) is 30.5 Å². The van der Waals surface area contributed by atoms with Gasteiger partial charge in [0.15, 0.2) is 5.82 Å². The number of rotatable bonds is 5. The largest absolute Gasteiger partial charge is 0.329 e. The number of nitrogens with zero attached hydrogens (tertiary/aromatic N) is 5. The Morgan fingerprint density at radius 3 is 2.84 bits per heavy atom. The first-order valence-electron chi connectivity index (χ1n) is 7.27. The Balaban J connectivity index is 2.13. The Bertz CT molecular complexity index is 404. The molecule has 1 heterocycles. The number of aryl methyl sites for hydroxylation is 1. The van der Waals surface area contributed by atoms with Crippen LogP contribution in [0.15, 0.2) is 0 Å². The van der Waals surface area contributed by atoms with Crippen LogP contribution in [0.5, 0.6) is 0 Å². The maximum absolute atomic E-state index is 6.13. The van der Waals surface area contributed by atoms with Crippen LogP contribution in [0.25, 0.3) is 0 Å². The van der Waals surface area contributed by atoms with Gasteiger partial charge in [-0.25, -0.2) is 0 Å². The second-order valence-corrected chi connectivity index (χ2v) is 5.84.